The van der Waals surface area contributed by atoms with Crippen LogP contribution >= 0.6 is 15.9 Å². The largest absolute Gasteiger partial charge is 0.392 e. The first-order valence-electron chi connectivity index (χ1n) is 1.68. The molecule has 0 bridgehead atoms. The number of hydrogen-bond donors (Lipinski definition) is 1. The monoisotopic (exact) mass is 150 g/mol. The predicted octanol–water partition coefficient (Wildman–Crippen LogP) is 1.28. The van der Waals surface area contributed by atoms with Crippen LogP contribution in [0.3, 0.4) is 0 Å². The molecule has 0 rings (SSSR count). The first-order chi connectivity index (χ1) is 2.81. The van der Waals surface area contributed by atoms with Crippen LogP contribution in [0.4, 0.5) is 0 Å². The van der Waals surface area contributed by atoms with Gasteiger partial charge < -0.3 is 5.11 Å². The van der Waals surface area contributed by atoms with Gasteiger partial charge in [-0.2, -0.15) is 0 Å². The van der Waals surface area contributed by atoms with E-state index in [2.05, 4.69) is 15.9 Å². The number of halogens is 1. The van der Waals surface area contributed by atoms with E-state index in [9.17, 15) is 0 Å². The number of rotatable bonds is 1. The van der Waals surface area contributed by atoms with E-state index in [1.807, 2.05) is 6.92 Å². The second kappa shape index (κ2) is 3.37. The Bertz CT molecular complexity index is 58.6. The standard InChI is InChI=1S/C4H7BrO/c1-4(2-5)3-6/h2,6H,3H2,1H3. The van der Waals surface area contributed by atoms with Crippen LogP contribution in [0.2, 0.25) is 0 Å². The van der Waals surface area contributed by atoms with Crippen LogP contribution in [0.15, 0.2) is 10.6 Å². The highest BCUT2D eigenvalue weighted by molar-refractivity contribution is 9.11. The maximum atomic E-state index is 8.24. The summed E-state index contributed by atoms with van der Waals surface area (Å²) in [5.74, 6) is 0. The zero-order chi connectivity index (χ0) is 4.99. The molecule has 0 aliphatic carbocycles. The van der Waals surface area contributed by atoms with Crippen molar-refractivity contribution in [1.29, 1.82) is 0 Å². The Labute approximate surface area is 45.8 Å². The van der Waals surface area contributed by atoms with E-state index in [4.69, 9.17) is 5.11 Å². The van der Waals surface area contributed by atoms with Crippen molar-refractivity contribution in [3.8, 4) is 0 Å². The van der Waals surface area contributed by atoms with Crippen molar-refractivity contribution in [2.45, 2.75) is 6.92 Å². The Morgan fingerprint density at radius 1 is 2.00 bits per heavy atom. The van der Waals surface area contributed by atoms with Crippen molar-refractivity contribution >= 4 is 15.9 Å². The second-order valence-corrected chi connectivity index (χ2v) is 1.57. The smallest absolute Gasteiger partial charge is 0.0647 e. The molecule has 0 saturated heterocycles. The highest BCUT2D eigenvalue weighted by Gasteiger charge is 1.75. The van der Waals surface area contributed by atoms with Gasteiger partial charge in [-0.15, -0.1) is 0 Å². The summed E-state index contributed by atoms with van der Waals surface area (Å²) >= 11 is 3.05. The number of aliphatic hydroxyl groups is 1. The fourth-order valence-electron chi connectivity index (χ4n) is 0.0345. The molecular formula is C4H7BrO. The lowest BCUT2D eigenvalue weighted by Crippen LogP contribution is -1.78. The van der Waals surface area contributed by atoms with Crippen molar-refractivity contribution in [2.24, 2.45) is 0 Å². The highest BCUT2D eigenvalue weighted by atomic mass is 79.9. The molecule has 0 aromatic carbocycles. The van der Waals surface area contributed by atoms with Gasteiger partial charge in [-0.1, -0.05) is 15.9 Å². The summed E-state index contributed by atoms with van der Waals surface area (Å²) in [5, 5.41) is 8.24. The van der Waals surface area contributed by atoms with Crippen LogP contribution in [-0.4, -0.2) is 11.7 Å². The minimum Gasteiger partial charge on any atom is -0.392 e. The van der Waals surface area contributed by atoms with Gasteiger partial charge in [-0.05, 0) is 17.5 Å². The number of hydrogen-bond acceptors (Lipinski definition) is 1. The van der Waals surface area contributed by atoms with Gasteiger partial charge in [-0.25, -0.2) is 0 Å². The Balaban J connectivity index is 3.22. The van der Waals surface area contributed by atoms with Gasteiger partial charge in [0.05, 0.1) is 6.61 Å². The molecule has 36 valence electrons. The first-order valence-corrected chi connectivity index (χ1v) is 2.59. The molecule has 0 spiro atoms. The third-order valence-electron chi connectivity index (χ3n) is 0.436. The summed E-state index contributed by atoms with van der Waals surface area (Å²) in [4.78, 5) is 1.70. The van der Waals surface area contributed by atoms with Gasteiger partial charge in [-0.3, -0.25) is 0 Å². The maximum Gasteiger partial charge on any atom is 0.0647 e. The van der Waals surface area contributed by atoms with Crippen molar-refractivity contribution in [1.82, 2.24) is 0 Å². The number of aliphatic hydroxyl groups excluding tert-OH is 1. The van der Waals surface area contributed by atoms with Gasteiger partial charge in [0.1, 0.15) is 0 Å². The molecule has 6 heavy (non-hydrogen) atoms. The molecule has 0 heterocycles. The molecular weight excluding hydrogens is 144 g/mol. The van der Waals surface area contributed by atoms with Crippen molar-refractivity contribution in [2.75, 3.05) is 6.61 Å². The van der Waals surface area contributed by atoms with Crippen LogP contribution in [0.5, 0.6) is 0 Å². The van der Waals surface area contributed by atoms with Gasteiger partial charge in [0, 0.05) is 0 Å². The molecule has 0 aromatic heterocycles. The molecule has 0 radical (unpaired) electrons. The van der Waals surface area contributed by atoms with Gasteiger partial charge in [0.2, 0.25) is 0 Å². The van der Waals surface area contributed by atoms with E-state index in [0.717, 1.165) is 5.57 Å². The van der Waals surface area contributed by atoms with E-state index in [0.29, 0.717) is 0 Å². The molecule has 0 fully saturated rings. The lowest BCUT2D eigenvalue weighted by atomic mass is 10.4. The van der Waals surface area contributed by atoms with E-state index < -0.39 is 0 Å². The highest BCUT2D eigenvalue weighted by Crippen LogP contribution is 1.92. The van der Waals surface area contributed by atoms with E-state index in [-0.39, 0.29) is 6.61 Å². The van der Waals surface area contributed by atoms with Crippen LogP contribution in [-0.2, 0) is 0 Å². The fourth-order valence-corrected chi connectivity index (χ4v) is 0.179. The van der Waals surface area contributed by atoms with Crippen molar-refractivity contribution < 1.29 is 5.11 Å². The zero-order valence-corrected chi connectivity index (χ0v) is 5.20. The molecule has 0 unspecified atom stereocenters. The van der Waals surface area contributed by atoms with E-state index >= 15 is 0 Å². The van der Waals surface area contributed by atoms with Crippen LogP contribution < -0.4 is 0 Å². The second-order valence-electron chi connectivity index (χ2n) is 1.11. The Kier molecular flexibility index (Phi) is 3.47. The Morgan fingerprint density at radius 2 is 2.50 bits per heavy atom. The lowest BCUT2D eigenvalue weighted by molar-refractivity contribution is 0.332. The summed E-state index contributed by atoms with van der Waals surface area (Å²) in [6.45, 7) is 1.99. The molecule has 0 saturated carbocycles. The van der Waals surface area contributed by atoms with Crippen molar-refractivity contribution in [3.63, 3.8) is 0 Å². The van der Waals surface area contributed by atoms with Gasteiger partial charge in [0.25, 0.3) is 0 Å². The third-order valence-corrected chi connectivity index (χ3v) is 1.22. The summed E-state index contributed by atoms with van der Waals surface area (Å²) < 4.78 is 0. The lowest BCUT2D eigenvalue weighted by Gasteiger charge is -1.83. The SMILES string of the molecule is CC(=CBr)CO. The Hall–Kier alpha value is 0.180. The van der Waals surface area contributed by atoms with E-state index in [1.54, 1.807) is 4.99 Å². The first kappa shape index (κ1) is 6.18. The fraction of sp³-hybridized carbons (Fsp3) is 0.500. The molecule has 0 aromatic rings. The quantitative estimate of drug-likeness (QED) is 0.598. The normalized spacial score (nSPS) is 12.2. The summed E-state index contributed by atoms with van der Waals surface area (Å²) in [7, 11) is 0. The topological polar surface area (TPSA) is 20.2 Å². The summed E-state index contributed by atoms with van der Waals surface area (Å²) in [6.07, 6.45) is 0. The molecule has 0 amide bonds. The molecule has 0 atom stereocenters. The minimum atomic E-state index is 0.144. The minimum absolute atomic E-state index is 0.144. The zero-order valence-electron chi connectivity index (χ0n) is 3.61. The summed E-state index contributed by atoms with van der Waals surface area (Å²) in [5.41, 5.74) is 0.940. The summed E-state index contributed by atoms with van der Waals surface area (Å²) in [6, 6.07) is 0. The van der Waals surface area contributed by atoms with Crippen molar-refractivity contribution in [3.05, 3.63) is 10.6 Å². The predicted molar refractivity (Wildman–Crippen MR) is 29.8 cm³/mol. The average Bonchev–Trinajstić information content (AvgIpc) is 1.65. The Morgan fingerprint density at radius 3 is 2.50 bits per heavy atom. The van der Waals surface area contributed by atoms with E-state index in [1.165, 1.54) is 0 Å². The van der Waals surface area contributed by atoms with Crippen LogP contribution in [0.1, 0.15) is 6.92 Å². The average molecular weight is 151 g/mol. The molecule has 0 aliphatic rings. The van der Waals surface area contributed by atoms with Gasteiger partial charge >= 0.3 is 0 Å². The third kappa shape index (κ3) is 2.42. The van der Waals surface area contributed by atoms with Gasteiger partial charge in [0.15, 0.2) is 0 Å². The molecule has 1 nitrogen and oxygen atoms in total. The van der Waals surface area contributed by atoms with Crippen LogP contribution in [0, 0.1) is 0 Å². The molecule has 0 aliphatic heterocycles. The maximum absolute atomic E-state index is 8.24. The molecule has 1 N–H and O–H groups in total. The molecule has 2 heteroatoms. The van der Waals surface area contributed by atoms with Crippen LogP contribution in [0.25, 0.3) is 0 Å².